The zero-order valence-corrected chi connectivity index (χ0v) is 16.8. The van der Waals surface area contributed by atoms with Gasteiger partial charge in [-0.2, -0.15) is 5.10 Å². The molecule has 0 spiro atoms. The summed E-state index contributed by atoms with van der Waals surface area (Å²) in [6.07, 6.45) is 2.88. The van der Waals surface area contributed by atoms with Gasteiger partial charge in [-0.15, -0.1) is 0 Å². The largest absolute Gasteiger partial charge is 0.453 e. The molecule has 3 aromatic rings. The quantitative estimate of drug-likeness (QED) is 0.607. The molecule has 0 atom stereocenters. The van der Waals surface area contributed by atoms with Gasteiger partial charge in [-0.1, -0.05) is 0 Å². The summed E-state index contributed by atoms with van der Waals surface area (Å²) in [6, 6.07) is 10.6. The SMILES string of the molecule is COC(=O)N(Cc1cc(F)cc(-c2cnn(-c3ccc(F)cc3)c2)c1)C(C)(C)C. The fraction of sp³-hybridized carbons (Fsp3) is 0.273. The Balaban J connectivity index is 1.91. The van der Waals surface area contributed by atoms with E-state index in [2.05, 4.69) is 5.10 Å². The highest BCUT2D eigenvalue weighted by Crippen LogP contribution is 2.25. The number of carbonyl (C=O) groups excluding carboxylic acids is 1. The molecule has 2 aromatic carbocycles. The van der Waals surface area contributed by atoms with Gasteiger partial charge in [0.25, 0.3) is 0 Å². The van der Waals surface area contributed by atoms with Crippen molar-refractivity contribution >= 4 is 6.09 Å². The highest BCUT2D eigenvalue weighted by atomic mass is 19.1. The van der Waals surface area contributed by atoms with Crippen molar-refractivity contribution in [3.05, 3.63) is 72.1 Å². The first kappa shape index (κ1) is 20.5. The van der Waals surface area contributed by atoms with Gasteiger partial charge in [0.15, 0.2) is 0 Å². The number of halogens is 2. The summed E-state index contributed by atoms with van der Waals surface area (Å²) in [5.74, 6) is -0.740. The lowest BCUT2D eigenvalue weighted by Crippen LogP contribution is -2.45. The number of hydrogen-bond donors (Lipinski definition) is 0. The second-order valence-corrected chi connectivity index (χ2v) is 7.73. The van der Waals surface area contributed by atoms with Gasteiger partial charge in [0.2, 0.25) is 0 Å². The average Bonchev–Trinajstić information content (AvgIpc) is 3.15. The first-order valence-corrected chi connectivity index (χ1v) is 9.13. The number of nitrogens with zero attached hydrogens (tertiary/aromatic N) is 3. The van der Waals surface area contributed by atoms with Crippen molar-refractivity contribution in [3.8, 4) is 16.8 Å². The molecule has 0 bridgehead atoms. The van der Waals surface area contributed by atoms with Crippen LogP contribution in [0.2, 0.25) is 0 Å². The maximum absolute atomic E-state index is 14.3. The molecule has 3 rings (SSSR count). The van der Waals surface area contributed by atoms with Crippen molar-refractivity contribution in [3.63, 3.8) is 0 Å². The number of methoxy groups -OCH3 is 1. The zero-order valence-electron chi connectivity index (χ0n) is 16.8. The lowest BCUT2D eigenvalue weighted by molar-refractivity contribution is 0.0792. The zero-order chi connectivity index (χ0) is 21.2. The Hall–Kier alpha value is -3.22. The minimum atomic E-state index is -0.493. The lowest BCUT2D eigenvalue weighted by atomic mass is 10.0. The summed E-state index contributed by atoms with van der Waals surface area (Å²) < 4.78 is 33.9. The van der Waals surface area contributed by atoms with Gasteiger partial charge < -0.3 is 4.74 Å². The van der Waals surface area contributed by atoms with Crippen LogP contribution < -0.4 is 0 Å². The van der Waals surface area contributed by atoms with Crippen LogP contribution in [0.3, 0.4) is 0 Å². The molecular formula is C22H23F2N3O2. The molecule has 0 unspecified atom stereocenters. The van der Waals surface area contributed by atoms with Gasteiger partial charge in [-0.05, 0) is 74.4 Å². The number of rotatable bonds is 4. The van der Waals surface area contributed by atoms with Crippen molar-refractivity contribution in [1.82, 2.24) is 14.7 Å². The molecule has 1 heterocycles. The van der Waals surface area contributed by atoms with Crippen LogP contribution in [0.15, 0.2) is 54.9 Å². The van der Waals surface area contributed by atoms with E-state index < -0.39 is 17.4 Å². The molecule has 0 N–H and O–H groups in total. The van der Waals surface area contributed by atoms with Gasteiger partial charge in [-0.3, -0.25) is 4.90 Å². The molecule has 1 amide bonds. The predicted octanol–water partition coefficient (Wildman–Crippen LogP) is 5.18. The number of benzene rings is 2. The first-order chi connectivity index (χ1) is 13.7. The average molecular weight is 399 g/mol. The van der Waals surface area contributed by atoms with E-state index in [0.29, 0.717) is 22.4 Å². The Bertz CT molecular complexity index is 1010. The first-order valence-electron chi connectivity index (χ1n) is 9.13. The third kappa shape index (κ3) is 4.80. The van der Waals surface area contributed by atoms with Gasteiger partial charge in [0.05, 0.1) is 19.0 Å². The topological polar surface area (TPSA) is 47.4 Å². The minimum Gasteiger partial charge on any atom is -0.453 e. The highest BCUT2D eigenvalue weighted by molar-refractivity contribution is 5.69. The van der Waals surface area contributed by atoms with Gasteiger partial charge in [0.1, 0.15) is 11.6 Å². The minimum absolute atomic E-state index is 0.201. The second-order valence-electron chi connectivity index (χ2n) is 7.73. The number of hydrogen-bond acceptors (Lipinski definition) is 3. The van der Waals surface area contributed by atoms with E-state index in [1.165, 1.54) is 36.3 Å². The van der Waals surface area contributed by atoms with Crippen molar-refractivity contribution in [2.24, 2.45) is 0 Å². The Morgan fingerprint density at radius 1 is 1.07 bits per heavy atom. The normalized spacial score (nSPS) is 11.4. The van der Waals surface area contributed by atoms with Crippen LogP contribution in [0.1, 0.15) is 26.3 Å². The smallest absolute Gasteiger partial charge is 0.410 e. The second kappa shape index (κ2) is 8.03. The van der Waals surface area contributed by atoms with Crippen LogP contribution >= 0.6 is 0 Å². The van der Waals surface area contributed by atoms with Gasteiger partial charge in [-0.25, -0.2) is 18.3 Å². The number of aromatic nitrogens is 2. The van der Waals surface area contributed by atoms with Crippen molar-refractivity contribution in [2.75, 3.05) is 7.11 Å². The van der Waals surface area contributed by atoms with Crippen LogP contribution in [0.25, 0.3) is 16.8 Å². The molecule has 0 saturated heterocycles. The molecule has 0 saturated carbocycles. The fourth-order valence-corrected chi connectivity index (χ4v) is 2.98. The molecule has 7 heteroatoms. The third-order valence-electron chi connectivity index (χ3n) is 4.51. The maximum atomic E-state index is 14.3. The van der Waals surface area contributed by atoms with E-state index >= 15 is 0 Å². The van der Waals surface area contributed by atoms with Crippen LogP contribution in [-0.2, 0) is 11.3 Å². The van der Waals surface area contributed by atoms with E-state index in [1.54, 1.807) is 29.2 Å². The van der Waals surface area contributed by atoms with Crippen LogP contribution in [-0.4, -0.2) is 33.4 Å². The van der Waals surface area contributed by atoms with Crippen LogP contribution in [0.5, 0.6) is 0 Å². The maximum Gasteiger partial charge on any atom is 0.410 e. The Labute approximate surface area is 168 Å². The molecule has 5 nitrogen and oxygen atoms in total. The number of amides is 1. The van der Waals surface area contributed by atoms with Crippen LogP contribution in [0, 0.1) is 11.6 Å². The van der Waals surface area contributed by atoms with Crippen molar-refractivity contribution < 1.29 is 18.3 Å². The lowest BCUT2D eigenvalue weighted by Gasteiger charge is -2.34. The molecule has 0 aliphatic heterocycles. The summed E-state index contributed by atoms with van der Waals surface area (Å²) in [6.45, 7) is 5.86. The summed E-state index contributed by atoms with van der Waals surface area (Å²) in [5, 5.41) is 4.28. The highest BCUT2D eigenvalue weighted by Gasteiger charge is 2.27. The molecular weight excluding hydrogens is 376 g/mol. The van der Waals surface area contributed by atoms with E-state index in [1.807, 2.05) is 26.8 Å². The van der Waals surface area contributed by atoms with Gasteiger partial charge >= 0.3 is 6.09 Å². The molecule has 29 heavy (non-hydrogen) atoms. The molecule has 0 aliphatic rings. The summed E-state index contributed by atoms with van der Waals surface area (Å²) in [7, 11) is 1.32. The van der Waals surface area contributed by atoms with Gasteiger partial charge in [0, 0.05) is 23.8 Å². The summed E-state index contributed by atoms with van der Waals surface area (Å²) in [5.41, 5.74) is 2.17. The van der Waals surface area contributed by atoms with E-state index in [4.69, 9.17) is 4.74 Å². The molecule has 0 aliphatic carbocycles. The van der Waals surface area contributed by atoms with Crippen molar-refractivity contribution in [1.29, 1.82) is 0 Å². The molecule has 152 valence electrons. The third-order valence-corrected chi connectivity index (χ3v) is 4.51. The van der Waals surface area contributed by atoms with Crippen molar-refractivity contribution in [2.45, 2.75) is 32.9 Å². The van der Waals surface area contributed by atoms with E-state index in [-0.39, 0.29) is 12.4 Å². The number of ether oxygens (including phenoxy) is 1. The Morgan fingerprint density at radius 2 is 1.76 bits per heavy atom. The molecule has 1 aromatic heterocycles. The molecule has 0 fully saturated rings. The van der Waals surface area contributed by atoms with E-state index in [0.717, 1.165) is 0 Å². The Kier molecular flexibility index (Phi) is 5.68. The molecule has 0 radical (unpaired) electrons. The Morgan fingerprint density at radius 3 is 2.38 bits per heavy atom. The standard InChI is InChI=1S/C22H23F2N3O2/c1-22(2,3)26(21(28)29-4)13-15-9-16(11-19(24)10-15)17-12-25-27(14-17)20-7-5-18(23)6-8-20/h5-12,14H,13H2,1-4H3. The summed E-state index contributed by atoms with van der Waals surface area (Å²) >= 11 is 0. The summed E-state index contributed by atoms with van der Waals surface area (Å²) in [4.78, 5) is 13.7. The fourth-order valence-electron chi connectivity index (χ4n) is 2.98. The predicted molar refractivity (Wildman–Crippen MR) is 107 cm³/mol. The van der Waals surface area contributed by atoms with E-state index in [9.17, 15) is 13.6 Å². The number of carbonyl (C=O) groups is 1. The van der Waals surface area contributed by atoms with Crippen LogP contribution in [0.4, 0.5) is 13.6 Å². The monoisotopic (exact) mass is 399 g/mol.